The second-order valence-corrected chi connectivity index (χ2v) is 5.06. The number of aromatic nitrogens is 3. The molecule has 0 saturated carbocycles. The Morgan fingerprint density at radius 3 is 3.00 bits per heavy atom. The van der Waals surface area contributed by atoms with Crippen molar-refractivity contribution in [1.82, 2.24) is 20.3 Å². The molecule has 0 bridgehead atoms. The van der Waals surface area contributed by atoms with Crippen molar-refractivity contribution in [2.75, 3.05) is 13.1 Å². The number of ketones is 1. The van der Waals surface area contributed by atoms with Crippen LogP contribution < -0.4 is 5.32 Å². The van der Waals surface area contributed by atoms with E-state index in [2.05, 4.69) is 15.6 Å². The van der Waals surface area contributed by atoms with Crippen molar-refractivity contribution in [3.05, 3.63) is 46.7 Å². The summed E-state index contributed by atoms with van der Waals surface area (Å²) >= 11 is 5.90. The first-order valence-electron chi connectivity index (χ1n) is 6.12. The first-order valence-corrected chi connectivity index (χ1v) is 6.50. The van der Waals surface area contributed by atoms with Crippen molar-refractivity contribution < 1.29 is 4.79 Å². The van der Waals surface area contributed by atoms with Gasteiger partial charge in [0.1, 0.15) is 5.69 Å². The van der Waals surface area contributed by atoms with Gasteiger partial charge in [0, 0.05) is 24.5 Å². The van der Waals surface area contributed by atoms with Crippen LogP contribution in [-0.4, -0.2) is 33.9 Å². The van der Waals surface area contributed by atoms with E-state index in [0.29, 0.717) is 23.2 Å². The zero-order valence-electron chi connectivity index (χ0n) is 10.2. The number of carbonyl (C=O) groups is 1. The van der Waals surface area contributed by atoms with E-state index < -0.39 is 0 Å². The molecule has 1 N–H and O–H groups in total. The van der Waals surface area contributed by atoms with Gasteiger partial charge in [-0.05, 0) is 17.7 Å². The Bertz CT molecular complexity index is 606. The van der Waals surface area contributed by atoms with Crippen molar-refractivity contribution in [2.24, 2.45) is 0 Å². The number of Topliss-reactive ketones (excluding diaryl/α,β-unsaturated/α-hetero) is 1. The van der Waals surface area contributed by atoms with Crippen molar-refractivity contribution in [3.63, 3.8) is 0 Å². The lowest BCUT2D eigenvalue weighted by atomic mass is 10.1. The maximum atomic E-state index is 12.1. The normalized spacial score (nSPS) is 15.2. The number of benzene rings is 1. The van der Waals surface area contributed by atoms with Crippen LogP contribution in [0.25, 0.3) is 0 Å². The molecule has 3 rings (SSSR count). The van der Waals surface area contributed by atoms with Crippen LogP contribution in [0.3, 0.4) is 0 Å². The van der Waals surface area contributed by atoms with Crippen LogP contribution in [0.5, 0.6) is 0 Å². The van der Waals surface area contributed by atoms with Crippen molar-refractivity contribution >= 4 is 17.4 Å². The fourth-order valence-electron chi connectivity index (χ4n) is 1.97. The Balaban J connectivity index is 1.71. The van der Waals surface area contributed by atoms with Gasteiger partial charge in [0.05, 0.1) is 12.2 Å². The molecule has 1 aliphatic rings. The summed E-state index contributed by atoms with van der Waals surface area (Å²) in [6.45, 7) is 1.76. The molecule has 2 aromatic rings. The maximum Gasteiger partial charge on any atom is 0.189 e. The lowest BCUT2D eigenvalue weighted by Crippen LogP contribution is -2.43. The quantitative estimate of drug-likeness (QED) is 0.860. The summed E-state index contributed by atoms with van der Waals surface area (Å²) in [5, 5.41) is 11.7. The lowest BCUT2D eigenvalue weighted by Gasteiger charge is -2.26. The van der Waals surface area contributed by atoms with Gasteiger partial charge < -0.3 is 5.32 Å². The predicted molar refractivity (Wildman–Crippen MR) is 71.4 cm³/mol. The van der Waals surface area contributed by atoms with Gasteiger partial charge in [-0.1, -0.05) is 28.9 Å². The van der Waals surface area contributed by atoms with Gasteiger partial charge in [-0.3, -0.25) is 4.79 Å². The van der Waals surface area contributed by atoms with Crippen molar-refractivity contribution in [3.8, 4) is 0 Å². The minimum atomic E-state index is -0.0409. The van der Waals surface area contributed by atoms with E-state index in [1.54, 1.807) is 23.0 Å². The maximum absolute atomic E-state index is 12.1. The molecule has 0 unspecified atom stereocenters. The van der Waals surface area contributed by atoms with Crippen LogP contribution in [0.15, 0.2) is 30.5 Å². The molecule has 1 aromatic carbocycles. The standard InChI is InChI=1S/C13H13ClN4O/c14-10-3-1-2-9(4-10)5-13(19)12-8-18(17-16-12)11-6-15-7-11/h1-4,8,11,15H,5-7H2. The summed E-state index contributed by atoms with van der Waals surface area (Å²) in [6.07, 6.45) is 2.01. The van der Waals surface area contributed by atoms with Gasteiger partial charge in [-0.2, -0.15) is 0 Å². The minimum Gasteiger partial charge on any atom is -0.312 e. The summed E-state index contributed by atoms with van der Waals surface area (Å²) in [5.41, 5.74) is 1.30. The average Bonchev–Trinajstić information content (AvgIpc) is 2.76. The van der Waals surface area contributed by atoms with Crippen LogP contribution >= 0.6 is 11.6 Å². The topological polar surface area (TPSA) is 59.8 Å². The molecular formula is C13H13ClN4O. The van der Waals surface area contributed by atoms with E-state index in [9.17, 15) is 4.79 Å². The molecule has 1 saturated heterocycles. The Kier molecular flexibility index (Phi) is 3.31. The lowest BCUT2D eigenvalue weighted by molar-refractivity contribution is 0.0988. The second-order valence-electron chi connectivity index (χ2n) is 4.63. The number of carbonyl (C=O) groups excluding carboxylic acids is 1. The summed E-state index contributed by atoms with van der Waals surface area (Å²) in [5.74, 6) is -0.0409. The number of hydrogen-bond donors (Lipinski definition) is 1. The summed E-state index contributed by atoms with van der Waals surface area (Å²) in [6, 6.07) is 7.61. The molecule has 0 atom stereocenters. The highest BCUT2D eigenvalue weighted by Gasteiger charge is 2.21. The molecule has 0 amide bonds. The molecule has 1 fully saturated rings. The molecule has 19 heavy (non-hydrogen) atoms. The monoisotopic (exact) mass is 276 g/mol. The molecule has 1 aliphatic heterocycles. The Labute approximate surface area is 115 Å². The fourth-order valence-corrected chi connectivity index (χ4v) is 2.18. The van der Waals surface area contributed by atoms with Crippen LogP contribution in [0.4, 0.5) is 0 Å². The first kappa shape index (κ1) is 12.3. The van der Waals surface area contributed by atoms with Gasteiger partial charge in [-0.25, -0.2) is 4.68 Å². The fraction of sp³-hybridized carbons (Fsp3) is 0.308. The molecule has 98 valence electrons. The number of nitrogens with one attached hydrogen (secondary N) is 1. The Morgan fingerprint density at radius 1 is 1.47 bits per heavy atom. The van der Waals surface area contributed by atoms with E-state index >= 15 is 0 Å². The first-order chi connectivity index (χ1) is 9.22. The summed E-state index contributed by atoms with van der Waals surface area (Å²) < 4.78 is 1.75. The molecule has 2 heterocycles. The molecule has 1 aromatic heterocycles. The number of halogens is 1. The largest absolute Gasteiger partial charge is 0.312 e. The van der Waals surface area contributed by atoms with E-state index in [-0.39, 0.29) is 5.78 Å². The van der Waals surface area contributed by atoms with Crippen LogP contribution in [-0.2, 0) is 6.42 Å². The van der Waals surface area contributed by atoms with Crippen LogP contribution in [0, 0.1) is 0 Å². The zero-order chi connectivity index (χ0) is 13.2. The second kappa shape index (κ2) is 5.11. The predicted octanol–water partition coefficient (Wildman–Crippen LogP) is 1.50. The summed E-state index contributed by atoms with van der Waals surface area (Å²) in [4.78, 5) is 12.1. The van der Waals surface area contributed by atoms with Gasteiger partial charge in [0.25, 0.3) is 0 Å². The van der Waals surface area contributed by atoms with Gasteiger partial charge in [0.15, 0.2) is 5.78 Å². The molecular weight excluding hydrogens is 264 g/mol. The third kappa shape index (κ3) is 2.67. The zero-order valence-corrected chi connectivity index (χ0v) is 11.0. The number of nitrogens with zero attached hydrogens (tertiary/aromatic N) is 3. The Hall–Kier alpha value is -1.72. The minimum absolute atomic E-state index is 0.0409. The Morgan fingerprint density at radius 2 is 2.32 bits per heavy atom. The van der Waals surface area contributed by atoms with Crippen molar-refractivity contribution in [1.29, 1.82) is 0 Å². The van der Waals surface area contributed by atoms with Gasteiger partial charge in [0.2, 0.25) is 0 Å². The van der Waals surface area contributed by atoms with E-state index in [1.165, 1.54) is 0 Å². The highest BCUT2D eigenvalue weighted by Crippen LogP contribution is 2.14. The van der Waals surface area contributed by atoms with Gasteiger partial charge >= 0.3 is 0 Å². The number of hydrogen-bond acceptors (Lipinski definition) is 4. The molecule has 6 heteroatoms. The smallest absolute Gasteiger partial charge is 0.189 e. The highest BCUT2D eigenvalue weighted by molar-refractivity contribution is 6.30. The van der Waals surface area contributed by atoms with Crippen LogP contribution in [0.2, 0.25) is 5.02 Å². The van der Waals surface area contributed by atoms with Crippen LogP contribution in [0.1, 0.15) is 22.1 Å². The highest BCUT2D eigenvalue weighted by atomic mass is 35.5. The molecule has 0 radical (unpaired) electrons. The third-order valence-corrected chi connectivity index (χ3v) is 3.42. The van der Waals surface area contributed by atoms with E-state index in [1.807, 2.05) is 12.1 Å². The SMILES string of the molecule is O=C(Cc1cccc(Cl)c1)c1cn(C2CNC2)nn1. The van der Waals surface area contributed by atoms with Crippen molar-refractivity contribution in [2.45, 2.75) is 12.5 Å². The third-order valence-electron chi connectivity index (χ3n) is 3.18. The number of rotatable bonds is 4. The van der Waals surface area contributed by atoms with E-state index in [0.717, 1.165) is 18.7 Å². The summed E-state index contributed by atoms with van der Waals surface area (Å²) in [7, 11) is 0. The van der Waals surface area contributed by atoms with Gasteiger partial charge in [-0.15, -0.1) is 5.10 Å². The molecule has 0 spiro atoms. The average molecular weight is 277 g/mol. The van der Waals surface area contributed by atoms with E-state index in [4.69, 9.17) is 11.6 Å². The molecule has 5 nitrogen and oxygen atoms in total. The molecule has 0 aliphatic carbocycles.